The van der Waals surface area contributed by atoms with Gasteiger partial charge in [-0.3, -0.25) is 9.59 Å². The highest BCUT2D eigenvalue weighted by molar-refractivity contribution is 6.32. The molecule has 2 amide bonds. The monoisotopic (exact) mass is 419 g/mol. The molecule has 0 aromatic heterocycles. The molecule has 0 saturated carbocycles. The first-order valence-corrected chi connectivity index (χ1v) is 9.47. The normalized spacial score (nSPS) is 11.4. The molecule has 1 atom stereocenters. The van der Waals surface area contributed by atoms with Crippen molar-refractivity contribution in [2.24, 2.45) is 0 Å². The summed E-state index contributed by atoms with van der Waals surface area (Å²) in [7, 11) is 0. The maximum absolute atomic E-state index is 12.3. The SMILES string of the molecule is CC[NH+](CC(=O)Nc1ccc(C#N)c(Cl)c1)CC(=O)Nc1cc(Cl)ccc1C. The van der Waals surface area contributed by atoms with Crippen LogP contribution in [-0.4, -0.2) is 31.4 Å². The number of nitriles is 1. The van der Waals surface area contributed by atoms with Gasteiger partial charge in [0.2, 0.25) is 0 Å². The molecular formula is C20H21Cl2N4O2+. The van der Waals surface area contributed by atoms with E-state index in [2.05, 4.69) is 10.6 Å². The van der Waals surface area contributed by atoms with Crippen molar-refractivity contribution >= 4 is 46.4 Å². The second-order valence-electron chi connectivity index (χ2n) is 6.32. The van der Waals surface area contributed by atoms with Crippen LogP contribution in [0.1, 0.15) is 18.1 Å². The topological polar surface area (TPSA) is 86.4 Å². The minimum atomic E-state index is -0.246. The molecule has 0 aliphatic rings. The zero-order valence-electron chi connectivity index (χ0n) is 15.6. The van der Waals surface area contributed by atoms with Gasteiger partial charge in [-0.1, -0.05) is 29.3 Å². The number of hydrogen-bond donors (Lipinski definition) is 3. The lowest BCUT2D eigenvalue weighted by atomic mass is 10.2. The van der Waals surface area contributed by atoms with E-state index in [1.54, 1.807) is 24.3 Å². The molecule has 28 heavy (non-hydrogen) atoms. The van der Waals surface area contributed by atoms with E-state index in [4.69, 9.17) is 28.5 Å². The molecule has 3 N–H and O–H groups in total. The Kier molecular flexibility index (Phi) is 7.82. The van der Waals surface area contributed by atoms with Crippen molar-refractivity contribution in [3.05, 3.63) is 57.6 Å². The number of carbonyl (C=O) groups excluding carboxylic acids is 2. The fraction of sp³-hybridized carbons (Fsp3) is 0.250. The van der Waals surface area contributed by atoms with Crippen LogP contribution in [0, 0.1) is 18.3 Å². The Morgan fingerprint density at radius 1 is 1.07 bits per heavy atom. The molecule has 146 valence electrons. The maximum Gasteiger partial charge on any atom is 0.279 e. The van der Waals surface area contributed by atoms with Gasteiger partial charge in [0.1, 0.15) is 6.07 Å². The largest absolute Gasteiger partial charge is 0.321 e. The van der Waals surface area contributed by atoms with Gasteiger partial charge in [-0.2, -0.15) is 5.26 Å². The van der Waals surface area contributed by atoms with Crippen molar-refractivity contribution in [1.29, 1.82) is 5.26 Å². The first kappa shape index (κ1) is 21.7. The Balaban J connectivity index is 1.93. The van der Waals surface area contributed by atoms with E-state index in [-0.39, 0.29) is 29.9 Å². The van der Waals surface area contributed by atoms with E-state index in [0.717, 1.165) is 10.5 Å². The number of likely N-dealkylation sites (N-methyl/N-ethyl adjacent to an activating group) is 1. The molecule has 0 aliphatic carbocycles. The number of benzene rings is 2. The van der Waals surface area contributed by atoms with Crippen molar-refractivity contribution in [3.63, 3.8) is 0 Å². The molecule has 0 heterocycles. The summed E-state index contributed by atoms with van der Waals surface area (Å²) in [4.78, 5) is 25.4. The van der Waals surface area contributed by atoms with Crippen LogP contribution in [0.15, 0.2) is 36.4 Å². The van der Waals surface area contributed by atoms with Gasteiger partial charge < -0.3 is 15.5 Å². The van der Waals surface area contributed by atoms with Gasteiger partial charge in [0.05, 0.1) is 17.1 Å². The number of nitrogens with zero attached hydrogens (tertiary/aromatic N) is 1. The van der Waals surface area contributed by atoms with Gasteiger partial charge in [-0.05, 0) is 49.7 Å². The van der Waals surface area contributed by atoms with Crippen molar-refractivity contribution < 1.29 is 14.5 Å². The smallest absolute Gasteiger partial charge is 0.279 e. The summed E-state index contributed by atoms with van der Waals surface area (Å²) in [6.07, 6.45) is 0. The van der Waals surface area contributed by atoms with Gasteiger partial charge >= 0.3 is 0 Å². The third kappa shape index (κ3) is 6.24. The predicted molar refractivity (Wildman–Crippen MR) is 111 cm³/mol. The molecule has 0 spiro atoms. The Bertz CT molecular complexity index is 925. The molecule has 2 aromatic rings. The van der Waals surface area contributed by atoms with E-state index in [1.165, 1.54) is 6.07 Å². The van der Waals surface area contributed by atoms with Crippen LogP contribution in [-0.2, 0) is 9.59 Å². The van der Waals surface area contributed by atoms with Gasteiger partial charge in [0.15, 0.2) is 13.1 Å². The Labute approximate surface area is 174 Å². The van der Waals surface area contributed by atoms with Crippen LogP contribution in [0.4, 0.5) is 11.4 Å². The zero-order chi connectivity index (χ0) is 20.7. The summed E-state index contributed by atoms with van der Waals surface area (Å²) in [6, 6.07) is 11.9. The van der Waals surface area contributed by atoms with E-state index >= 15 is 0 Å². The van der Waals surface area contributed by atoms with Crippen molar-refractivity contribution in [2.45, 2.75) is 13.8 Å². The average molecular weight is 420 g/mol. The summed E-state index contributed by atoms with van der Waals surface area (Å²) in [5.74, 6) is -0.444. The highest BCUT2D eigenvalue weighted by Crippen LogP contribution is 2.20. The highest BCUT2D eigenvalue weighted by Gasteiger charge is 2.18. The van der Waals surface area contributed by atoms with Crippen LogP contribution in [0.25, 0.3) is 0 Å². The second kappa shape index (κ2) is 10.1. The van der Waals surface area contributed by atoms with Gasteiger partial charge in [-0.25, -0.2) is 0 Å². The number of carbonyl (C=O) groups is 2. The van der Waals surface area contributed by atoms with E-state index in [0.29, 0.717) is 28.5 Å². The number of anilines is 2. The number of hydrogen-bond acceptors (Lipinski definition) is 3. The molecule has 2 rings (SSSR count). The first-order chi connectivity index (χ1) is 13.3. The van der Waals surface area contributed by atoms with E-state index in [1.807, 2.05) is 26.0 Å². The number of quaternary nitrogens is 1. The van der Waals surface area contributed by atoms with E-state index < -0.39 is 0 Å². The quantitative estimate of drug-likeness (QED) is 0.644. The highest BCUT2D eigenvalue weighted by atomic mass is 35.5. The van der Waals surface area contributed by atoms with Crippen molar-refractivity contribution in [3.8, 4) is 6.07 Å². The lowest BCUT2D eigenvalue weighted by Crippen LogP contribution is -3.13. The summed E-state index contributed by atoms with van der Waals surface area (Å²) in [5.41, 5.74) is 2.41. The fourth-order valence-electron chi connectivity index (χ4n) is 2.58. The Morgan fingerprint density at radius 3 is 2.36 bits per heavy atom. The molecule has 2 aromatic carbocycles. The number of halogens is 2. The minimum absolute atomic E-state index is 0.121. The molecule has 0 fully saturated rings. The van der Waals surface area contributed by atoms with Gasteiger partial charge in [0, 0.05) is 16.4 Å². The van der Waals surface area contributed by atoms with Crippen LogP contribution >= 0.6 is 23.2 Å². The zero-order valence-corrected chi connectivity index (χ0v) is 17.1. The number of amides is 2. The van der Waals surface area contributed by atoms with Crippen molar-refractivity contribution in [1.82, 2.24) is 0 Å². The summed E-state index contributed by atoms with van der Waals surface area (Å²) < 4.78 is 0. The summed E-state index contributed by atoms with van der Waals surface area (Å²) >= 11 is 11.9. The molecule has 8 heteroatoms. The summed E-state index contributed by atoms with van der Waals surface area (Å²) in [5, 5.41) is 15.3. The van der Waals surface area contributed by atoms with Gasteiger partial charge in [0.25, 0.3) is 11.8 Å². The van der Waals surface area contributed by atoms with Gasteiger partial charge in [-0.15, -0.1) is 0 Å². The molecule has 6 nitrogen and oxygen atoms in total. The maximum atomic E-state index is 12.3. The Morgan fingerprint density at radius 2 is 1.75 bits per heavy atom. The predicted octanol–water partition coefficient (Wildman–Crippen LogP) is 2.66. The number of nitrogens with one attached hydrogen (secondary N) is 3. The molecule has 0 radical (unpaired) electrons. The molecular weight excluding hydrogens is 399 g/mol. The average Bonchev–Trinajstić information content (AvgIpc) is 2.64. The first-order valence-electron chi connectivity index (χ1n) is 8.71. The molecule has 0 aliphatic heterocycles. The van der Waals surface area contributed by atoms with Crippen LogP contribution in [0.5, 0.6) is 0 Å². The molecule has 0 saturated heterocycles. The summed E-state index contributed by atoms with van der Waals surface area (Å²) in [6.45, 7) is 4.65. The van der Waals surface area contributed by atoms with E-state index in [9.17, 15) is 9.59 Å². The fourth-order valence-corrected chi connectivity index (χ4v) is 2.97. The minimum Gasteiger partial charge on any atom is -0.321 e. The standard InChI is InChI=1S/C20H20Cl2N4O2/c1-3-26(12-20(28)25-18-8-15(21)6-4-13(18)2)11-19(27)24-16-7-5-14(10-23)17(22)9-16/h4-9H,3,11-12H2,1-2H3,(H,24,27)(H,25,28)/p+1. The van der Waals surface area contributed by atoms with Crippen LogP contribution < -0.4 is 15.5 Å². The lowest BCUT2D eigenvalue weighted by molar-refractivity contribution is -0.881. The third-order valence-electron chi connectivity index (χ3n) is 4.17. The number of aryl methyl sites for hydroxylation is 1. The van der Waals surface area contributed by atoms with Crippen LogP contribution in [0.3, 0.4) is 0 Å². The molecule has 1 unspecified atom stereocenters. The van der Waals surface area contributed by atoms with Crippen LogP contribution in [0.2, 0.25) is 10.0 Å². The second-order valence-corrected chi connectivity index (χ2v) is 7.16. The molecule has 0 bridgehead atoms. The number of rotatable bonds is 7. The lowest BCUT2D eigenvalue weighted by Gasteiger charge is -2.17. The Hall–Kier alpha value is -2.59. The van der Waals surface area contributed by atoms with Crippen molar-refractivity contribution in [2.75, 3.05) is 30.3 Å². The third-order valence-corrected chi connectivity index (χ3v) is 4.72.